The predicted molar refractivity (Wildman–Crippen MR) is 69.7 cm³/mol. The van der Waals surface area contributed by atoms with Gasteiger partial charge in [0, 0.05) is 19.7 Å². The molecule has 0 radical (unpaired) electrons. The molecule has 0 aromatic heterocycles. The van der Waals surface area contributed by atoms with Gasteiger partial charge in [-0.15, -0.1) is 0 Å². The molecular weight excluding hydrogens is 198 g/mol. The highest BCUT2D eigenvalue weighted by Gasteiger charge is 2.34. The standard InChI is InChI=1S/C14H29NO/c1-4-14(7-5-8-14)12-15-9-11-16-10-6-13(2)3/h13,15H,4-12H2,1-3H3. The fourth-order valence-electron chi connectivity index (χ4n) is 2.25. The lowest BCUT2D eigenvalue weighted by atomic mass is 9.67. The van der Waals surface area contributed by atoms with Gasteiger partial charge in [0.15, 0.2) is 0 Å². The van der Waals surface area contributed by atoms with Gasteiger partial charge in [0.1, 0.15) is 0 Å². The van der Waals surface area contributed by atoms with Gasteiger partial charge < -0.3 is 10.1 Å². The predicted octanol–water partition coefficient (Wildman–Crippen LogP) is 3.22. The fraction of sp³-hybridized carbons (Fsp3) is 1.00. The maximum atomic E-state index is 5.58. The molecule has 1 N–H and O–H groups in total. The second-order valence-corrected chi connectivity index (χ2v) is 5.68. The lowest BCUT2D eigenvalue weighted by Gasteiger charge is -2.41. The van der Waals surface area contributed by atoms with Crippen LogP contribution >= 0.6 is 0 Å². The Hall–Kier alpha value is -0.0800. The second-order valence-electron chi connectivity index (χ2n) is 5.68. The van der Waals surface area contributed by atoms with Gasteiger partial charge in [-0.25, -0.2) is 0 Å². The summed E-state index contributed by atoms with van der Waals surface area (Å²) in [5, 5.41) is 3.54. The first kappa shape index (κ1) is 14.0. The Kier molecular flexibility index (Phi) is 6.37. The van der Waals surface area contributed by atoms with Crippen LogP contribution in [-0.4, -0.2) is 26.3 Å². The number of ether oxygens (including phenoxy) is 1. The maximum absolute atomic E-state index is 5.58. The summed E-state index contributed by atoms with van der Waals surface area (Å²) in [5.41, 5.74) is 0.637. The minimum absolute atomic E-state index is 0.637. The van der Waals surface area contributed by atoms with Crippen molar-refractivity contribution in [2.45, 2.75) is 52.9 Å². The van der Waals surface area contributed by atoms with Crippen molar-refractivity contribution in [3.05, 3.63) is 0 Å². The van der Waals surface area contributed by atoms with Crippen LogP contribution in [0.15, 0.2) is 0 Å². The first-order valence-electron chi connectivity index (χ1n) is 6.97. The quantitative estimate of drug-likeness (QED) is 0.611. The highest BCUT2D eigenvalue weighted by Crippen LogP contribution is 2.42. The molecule has 1 fully saturated rings. The Morgan fingerprint density at radius 1 is 1.25 bits per heavy atom. The molecule has 2 nitrogen and oxygen atoms in total. The monoisotopic (exact) mass is 227 g/mol. The summed E-state index contributed by atoms with van der Waals surface area (Å²) in [5.74, 6) is 0.756. The number of hydrogen-bond donors (Lipinski definition) is 1. The molecule has 0 unspecified atom stereocenters. The molecule has 0 bridgehead atoms. The lowest BCUT2D eigenvalue weighted by Crippen LogP contribution is -2.40. The van der Waals surface area contributed by atoms with Gasteiger partial charge in [-0.2, -0.15) is 0 Å². The van der Waals surface area contributed by atoms with E-state index in [0.717, 1.165) is 25.7 Å². The van der Waals surface area contributed by atoms with Crippen molar-refractivity contribution >= 4 is 0 Å². The third-order valence-corrected chi connectivity index (χ3v) is 3.93. The fourth-order valence-corrected chi connectivity index (χ4v) is 2.25. The van der Waals surface area contributed by atoms with Crippen molar-refractivity contribution in [2.75, 3.05) is 26.3 Å². The Morgan fingerprint density at radius 3 is 2.50 bits per heavy atom. The Labute approximate surface area is 101 Å². The summed E-state index contributed by atoms with van der Waals surface area (Å²) in [6, 6.07) is 0. The summed E-state index contributed by atoms with van der Waals surface area (Å²) in [7, 11) is 0. The molecule has 0 aromatic carbocycles. The van der Waals surface area contributed by atoms with Gasteiger partial charge in [-0.1, -0.05) is 27.2 Å². The third-order valence-electron chi connectivity index (χ3n) is 3.93. The Morgan fingerprint density at radius 2 is 2.00 bits per heavy atom. The number of rotatable bonds is 9. The third kappa shape index (κ3) is 4.84. The lowest BCUT2D eigenvalue weighted by molar-refractivity contribution is 0.103. The van der Waals surface area contributed by atoms with Crippen LogP contribution in [0.1, 0.15) is 52.9 Å². The summed E-state index contributed by atoms with van der Waals surface area (Å²) >= 11 is 0. The van der Waals surface area contributed by atoms with Crippen LogP contribution in [0, 0.1) is 11.3 Å². The van der Waals surface area contributed by atoms with Crippen LogP contribution in [0.3, 0.4) is 0 Å². The van der Waals surface area contributed by atoms with E-state index in [1.165, 1.54) is 38.6 Å². The van der Waals surface area contributed by atoms with Crippen molar-refractivity contribution in [1.82, 2.24) is 5.32 Å². The molecule has 2 heteroatoms. The van der Waals surface area contributed by atoms with Crippen LogP contribution in [0.25, 0.3) is 0 Å². The highest BCUT2D eigenvalue weighted by molar-refractivity contribution is 4.88. The maximum Gasteiger partial charge on any atom is 0.0590 e. The first-order valence-corrected chi connectivity index (χ1v) is 6.97. The van der Waals surface area contributed by atoms with Crippen LogP contribution in [0.4, 0.5) is 0 Å². The van der Waals surface area contributed by atoms with Gasteiger partial charge in [0.05, 0.1) is 6.61 Å². The van der Waals surface area contributed by atoms with Crippen molar-refractivity contribution in [1.29, 1.82) is 0 Å². The van der Waals surface area contributed by atoms with Gasteiger partial charge in [-0.3, -0.25) is 0 Å². The molecule has 96 valence electrons. The average molecular weight is 227 g/mol. The summed E-state index contributed by atoms with van der Waals surface area (Å²) in [6.07, 6.45) is 6.78. The second kappa shape index (κ2) is 7.29. The van der Waals surface area contributed by atoms with Crippen molar-refractivity contribution in [2.24, 2.45) is 11.3 Å². The van der Waals surface area contributed by atoms with Crippen molar-refractivity contribution < 1.29 is 4.74 Å². The molecule has 16 heavy (non-hydrogen) atoms. The Balaban J connectivity index is 1.88. The van der Waals surface area contributed by atoms with Crippen molar-refractivity contribution in [3.63, 3.8) is 0 Å². The molecule has 1 rings (SSSR count). The summed E-state index contributed by atoms with van der Waals surface area (Å²) in [4.78, 5) is 0. The summed E-state index contributed by atoms with van der Waals surface area (Å²) < 4.78 is 5.58. The highest BCUT2D eigenvalue weighted by atomic mass is 16.5. The van der Waals surface area contributed by atoms with Crippen molar-refractivity contribution in [3.8, 4) is 0 Å². The minimum atomic E-state index is 0.637. The molecule has 1 saturated carbocycles. The molecule has 0 spiro atoms. The van der Waals surface area contributed by atoms with Crippen LogP contribution in [0.5, 0.6) is 0 Å². The smallest absolute Gasteiger partial charge is 0.0590 e. The molecule has 0 amide bonds. The largest absolute Gasteiger partial charge is 0.380 e. The molecule has 0 aliphatic heterocycles. The SMILES string of the molecule is CCC1(CNCCOCCC(C)C)CCC1. The average Bonchev–Trinajstić information content (AvgIpc) is 2.19. The zero-order valence-corrected chi connectivity index (χ0v) is 11.3. The first-order chi connectivity index (χ1) is 7.68. The zero-order chi connectivity index (χ0) is 11.9. The van der Waals surface area contributed by atoms with Crippen LogP contribution in [-0.2, 0) is 4.74 Å². The zero-order valence-electron chi connectivity index (χ0n) is 11.3. The van der Waals surface area contributed by atoms with E-state index in [-0.39, 0.29) is 0 Å². The minimum Gasteiger partial charge on any atom is -0.380 e. The van der Waals surface area contributed by atoms with E-state index >= 15 is 0 Å². The van der Waals surface area contributed by atoms with Crippen LogP contribution in [0.2, 0.25) is 0 Å². The molecule has 0 atom stereocenters. The van der Waals surface area contributed by atoms with E-state index in [0.29, 0.717) is 5.41 Å². The molecule has 0 aromatic rings. The van der Waals surface area contributed by atoms with E-state index in [4.69, 9.17) is 4.74 Å². The molecule has 1 aliphatic carbocycles. The van der Waals surface area contributed by atoms with Gasteiger partial charge >= 0.3 is 0 Å². The van der Waals surface area contributed by atoms with E-state index in [1.807, 2.05) is 0 Å². The normalized spacial score (nSPS) is 18.8. The summed E-state index contributed by atoms with van der Waals surface area (Å²) in [6.45, 7) is 10.8. The number of nitrogens with one attached hydrogen (secondary N) is 1. The Bertz CT molecular complexity index is 170. The molecule has 0 heterocycles. The topological polar surface area (TPSA) is 21.3 Å². The molecule has 0 saturated heterocycles. The van der Waals surface area contributed by atoms with E-state index in [2.05, 4.69) is 26.1 Å². The molecular formula is C14H29NO. The van der Waals surface area contributed by atoms with E-state index < -0.39 is 0 Å². The van der Waals surface area contributed by atoms with Gasteiger partial charge in [0.2, 0.25) is 0 Å². The van der Waals surface area contributed by atoms with Gasteiger partial charge in [-0.05, 0) is 37.0 Å². The van der Waals surface area contributed by atoms with E-state index in [9.17, 15) is 0 Å². The molecule has 1 aliphatic rings. The van der Waals surface area contributed by atoms with Crippen LogP contribution < -0.4 is 5.32 Å². The van der Waals surface area contributed by atoms with Gasteiger partial charge in [0.25, 0.3) is 0 Å². The van der Waals surface area contributed by atoms with E-state index in [1.54, 1.807) is 0 Å². The number of hydrogen-bond acceptors (Lipinski definition) is 2.